The van der Waals surface area contributed by atoms with Gasteiger partial charge in [-0.05, 0) is 52.7 Å². The van der Waals surface area contributed by atoms with Crippen LogP contribution in [0.4, 0.5) is 26.3 Å². The first-order valence-corrected chi connectivity index (χ1v) is 13.6. The maximum Gasteiger partial charge on any atom is 0.491 e. The molecule has 12 nitrogen and oxygen atoms in total. The Hall–Kier alpha value is -4.13. The highest BCUT2D eigenvalue weighted by molar-refractivity contribution is 6.62. The number of carboxylic acid groups (broad SMARTS) is 1. The molecule has 0 spiro atoms. The Balaban J connectivity index is 1.44. The first kappa shape index (κ1) is 33.2. The molecule has 46 heavy (non-hydrogen) atoms. The molecule has 0 aromatic heterocycles. The van der Waals surface area contributed by atoms with Crippen LogP contribution in [-0.4, -0.2) is 83.2 Å². The minimum Gasteiger partial charge on any atom is -0.481 e. The van der Waals surface area contributed by atoms with Crippen molar-refractivity contribution in [1.82, 2.24) is 15.5 Å². The van der Waals surface area contributed by atoms with Crippen LogP contribution in [0.25, 0.3) is 0 Å². The van der Waals surface area contributed by atoms with Crippen molar-refractivity contribution in [3.8, 4) is 0 Å². The van der Waals surface area contributed by atoms with Gasteiger partial charge in [0.1, 0.15) is 6.04 Å². The summed E-state index contributed by atoms with van der Waals surface area (Å²) in [7, 11) is -3.48. The molecule has 1 fully saturated rings. The number of alkyl halides is 6. The molecule has 3 amide bonds. The number of hydrogen-bond donors (Lipinski definition) is 5. The van der Waals surface area contributed by atoms with Crippen molar-refractivity contribution >= 4 is 48.9 Å². The summed E-state index contributed by atoms with van der Waals surface area (Å²) in [6, 6.07) is 0.510. The van der Waals surface area contributed by atoms with Gasteiger partial charge in [0.15, 0.2) is 0 Å². The fraction of sp³-hybridized carbons (Fsp3) is 0.385. The van der Waals surface area contributed by atoms with Gasteiger partial charge >= 0.3 is 32.6 Å². The van der Waals surface area contributed by atoms with E-state index in [9.17, 15) is 55.6 Å². The van der Waals surface area contributed by atoms with Crippen LogP contribution in [0, 0.1) is 0 Å². The number of carbonyl (C=O) groups excluding carboxylic acids is 3. The molecule has 0 radical (unpaired) electrons. The topological polar surface area (TPSA) is 175 Å². The molecule has 0 bridgehead atoms. The number of nitrogens with zero attached hydrogens (tertiary/aromatic N) is 1. The zero-order valence-electron chi connectivity index (χ0n) is 23.4. The quantitative estimate of drug-likeness (QED) is 0.199. The Morgan fingerprint density at radius 3 is 1.91 bits per heavy atom. The smallest absolute Gasteiger partial charge is 0.481 e. The second-order valence-electron chi connectivity index (χ2n) is 10.8. The number of benzene rings is 2. The highest BCUT2D eigenvalue weighted by Crippen LogP contribution is 2.36. The van der Waals surface area contributed by atoms with E-state index in [1.165, 1.54) is 0 Å². The standard InChI is InChI=1S/C26H23B2F6N3O9/c29-25(30,31)16-3-11(5-18-14(16)9-45-27(18)43)22(40)36-13-7-20(23(41)35-2-1-21(38)39)37(8-13)24(42)12-4-17(26(32,33)34)15-10-46-28(44)19(15)6-12/h3-6,13,20,43-44H,1-2,7-10H2,(H,35,41)(H,36,40)(H,38,39)/t13?,20-/m0/s1. The Bertz CT molecular complexity index is 1610. The molecule has 1 unspecified atom stereocenters. The van der Waals surface area contributed by atoms with Crippen LogP contribution in [0.5, 0.6) is 0 Å². The van der Waals surface area contributed by atoms with Gasteiger partial charge in [-0.3, -0.25) is 19.2 Å². The lowest BCUT2D eigenvalue weighted by Gasteiger charge is -2.25. The van der Waals surface area contributed by atoms with Crippen molar-refractivity contribution in [3.63, 3.8) is 0 Å². The van der Waals surface area contributed by atoms with Crippen LogP contribution < -0.4 is 21.6 Å². The third kappa shape index (κ3) is 6.55. The van der Waals surface area contributed by atoms with Crippen molar-refractivity contribution in [1.29, 1.82) is 0 Å². The van der Waals surface area contributed by atoms with Crippen molar-refractivity contribution in [2.24, 2.45) is 0 Å². The largest absolute Gasteiger partial charge is 0.491 e. The zero-order valence-corrected chi connectivity index (χ0v) is 23.4. The second-order valence-corrected chi connectivity index (χ2v) is 10.8. The summed E-state index contributed by atoms with van der Waals surface area (Å²) in [5.41, 5.74) is -4.88. The van der Waals surface area contributed by atoms with E-state index in [0.29, 0.717) is 12.1 Å². The van der Waals surface area contributed by atoms with Crippen LogP contribution >= 0.6 is 0 Å². The number of amides is 3. The van der Waals surface area contributed by atoms with E-state index in [0.717, 1.165) is 17.0 Å². The number of rotatable bonds is 7. The number of hydrogen-bond acceptors (Lipinski definition) is 8. The molecule has 3 aliphatic heterocycles. The first-order valence-electron chi connectivity index (χ1n) is 13.6. The highest BCUT2D eigenvalue weighted by Gasteiger charge is 2.45. The predicted octanol–water partition coefficient (Wildman–Crippen LogP) is -0.236. The SMILES string of the molecule is O=C(O)CCNC(=O)[C@@H]1CC(NC(=O)c2cc3c(c(C(F)(F)F)c2)COB3O)CN1C(=O)c1cc2c(c(C(F)(F)F)c1)COB2O. The van der Waals surface area contributed by atoms with E-state index in [-0.39, 0.29) is 35.0 Å². The number of likely N-dealkylation sites (tertiary alicyclic amines) is 1. The van der Waals surface area contributed by atoms with Gasteiger partial charge in [-0.2, -0.15) is 26.3 Å². The zero-order chi connectivity index (χ0) is 33.7. The first-order chi connectivity index (χ1) is 21.5. The molecular weight excluding hydrogens is 634 g/mol. The lowest BCUT2D eigenvalue weighted by atomic mass is 9.77. The predicted molar refractivity (Wildman–Crippen MR) is 144 cm³/mol. The monoisotopic (exact) mass is 657 g/mol. The minimum atomic E-state index is -4.95. The number of fused-ring (bicyclic) bond motifs is 2. The van der Waals surface area contributed by atoms with E-state index < -0.39 is 111 Å². The highest BCUT2D eigenvalue weighted by atomic mass is 19.4. The summed E-state index contributed by atoms with van der Waals surface area (Å²) in [5.74, 6) is -4.34. The summed E-state index contributed by atoms with van der Waals surface area (Å²) in [5, 5.41) is 33.6. The Morgan fingerprint density at radius 1 is 0.870 bits per heavy atom. The molecule has 5 N–H and O–H groups in total. The molecule has 0 aliphatic carbocycles. The van der Waals surface area contributed by atoms with E-state index in [1.807, 2.05) is 0 Å². The molecular formula is C26H23B2F6N3O9. The molecule has 0 saturated carbocycles. The number of aliphatic carboxylic acids is 1. The lowest BCUT2D eigenvalue weighted by Crippen LogP contribution is -2.46. The van der Waals surface area contributed by atoms with Crippen LogP contribution in [0.15, 0.2) is 24.3 Å². The minimum absolute atomic E-state index is 0.276. The molecule has 2 aromatic carbocycles. The fourth-order valence-electron chi connectivity index (χ4n) is 5.67. The van der Waals surface area contributed by atoms with Gasteiger partial charge in [0, 0.05) is 30.3 Å². The molecule has 3 heterocycles. The van der Waals surface area contributed by atoms with Crippen LogP contribution in [0.2, 0.25) is 0 Å². The summed E-state index contributed by atoms with van der Waals surface area (Å²) >= 11 is 0. The van der Waals surface area contributed by atoms with Gasteiger partial charge in [-0.15, -0.1) is 0 Å². The molecule has 3 aliphatic rings. The van der Waals surface area contributed by atoms with E-state index in [1.54, 1.807) is 0 Å². The fourth-order valence-corrected chi connectivity index (χ4v) is 5.67. The molecule has 5 rings (SSSR count). The van der Waals surface area contributed by atoms with Gasteiger partial charge in [0.25, 0.3) is 11.8 Å². The molecule has 2 atom stereocenters. The lowest BCUT2D eigenvalue weighted by molar-refractivity contribution is -0.139. The van der Waals surface area contributed by atoms with Crippen molar-refractivity contribution < 1.29 is 70.0 Å². The van der Waals surface area contributed by atoms with Gasteiger partial charge in [-0.25, -0.2) is 0 Å². The van der Waals surface area contributed by atoms with Gasteiger partial charge < -0.3 is 40.0 Å². The Labute approximate surface area is 255 Å². The summed E-state index contributed by atoms with van der Waals surface area (Å²) in [6.45, 7) is -1.98. The van der Waals surface area contributed by atoms with Crippen LogP contribution in [-0.2, 0) is 44.5 Å². The van der Waals surface area contributed by atoms with Crippen LogP contribution in [0.3, 0.4) is 0 Å². The van der Waals surface area contributed by atoms with Crippen LogP contribution in [0.1, 0.15) is 55.8 Å². The third-order valence-corrected chi connectivity index (χ3v) is 7.83. The number of carboxylic acids is 1. The average molecular weight is 657 g/mol. The second kappa shape index (κ2) is 12.2. The van der Waals surface area contributed by atoms with E-state index >= 15 is 0 Å². The van der Waals surface area contributed by atoms with Gasteiger partial charge in [0.05, 0.1) is 30.8 Å². The van der Waals surface area contributed by atoms with Crippen molar-refractivity contribution in [2.75, 3.05) is 13.1 Å². The number of halogens is 6. The third-order valence-electron chi connectivity index (χ3n) is 7.83. The molecule has 244 valence electrons. The summed E-state index contributed by atoms with van der Waals surface area (Å²) in [6.07, 6.45) is -10.7. The number of nitrogens with one attached hydrogen (secondary N) is 2. The van der Waals surface area contributed by atoms with Gasteiger partial charge in [-0.1, -0.05) is 0 Å². The normalized spacial score (nSPS) is 19.3. The van der Waals surface area contributed by atoms with E-state index in [2.05, 4.69) is 10.6 Å². The van der Waals surface area contributed by atoms with Crippen molar-refractivity contribution in [2.45, 2.75) is 50.5 Å². The van der Waals surface area contributed by atoms with Gasteiger partial charge in [0.2, 0.25) is 5.91 Å². The molecule has 2 aromatic rings. The Morgan fingerprint density at radius 2 is 1.39 bits per heavy atom. The Kier molecular flexibility index (Phi) is 8.84. The maximum absolute atomic E-state index is 13.9. The molecule has 1 saturated heterocycles. The maximum atomic E-state index is 13.9. The molecule has 20 heteroatoms. The van der Waals surface area contributed by atoms with Crippen molar-refractivity contribution in [3.05, 3.63) is 57.6 Å². The summed E-state index contributed by atoms with van der Waals surface area (Å²) in [4.78, 5) is 51.5. The number of carbonyl (C=O) groups is 4. The van der Waals surface area contributed by atoms with E-state index in [4.69, 9.17) is 14.4 Å². The summed E-state index contributed by atoms with van der Waals surface area (Å²) < 4.78 is 92.5. The average Bonchev–Trinajstić information content (AvgIpc) is 3.67.